The molecule has 1 heterocycles. The molecule has 0 bridgehead atoms. The molecule has 17 heavy (non-hydrogen) atoms. The molecule has 0 unspecified atom stereocenters. The first-order valence-electron chi connectivity index (χ1n) is 4.95. The molecule has 1 aromatic heterocycles. The number of thiophene rings is 1. The van der Waals surface area contributed by atoms with Crippen molar-refractivity contribution < 1.29 is 14.2 Å². The second-order valence-electron chi connectivity index (χ2n) is 3.40. The lowest BCUT2D eigenvalue weighted by atomic mass is 10.2. The maximum Gasteiger partial charge on any atom is 0.125 e. The second-order valence-corrected chi connectivity index (χ2v) is 5.20. The molecule has 2 aromatic rings. The summed E-state index contributed by atoms with van der Waals surface area (Å²) < 4.78 is 19.1. The van der Waals surface area contributed by atoms with Gasteiger partial charge >= 0.3 is 0 Å². The van der Waals surface area contributed by atoms with Gasteiger partial charge in [-0.1, -0.05) is 11.6 Å². The summed E-state index contributed by atoms with van der Waals surface area (Å²) in [6.45, 7) is 0.105. The molecule has 0 aliphatic carbocycles. The number of rotatable bonds is 4. The van der Waals surface area contributed by atoms with E-state index in [4.69, 9.17) is 21.4 Å². The van der Waals surface area contributed by atoms with E-state index < -0.39 is 0 Å². The van der Waals surface area contributed by atoms with Crippen molar-refractivity contribution in [3.05, 3.63) is 50.9 Å². The highest BCUT2D eigenvalue weighted by Gasteiger charge is 2.06. The summed E-state index contributed by atoms with van der Waals surface area (Å²) in [5, 5.41) is 9.08. The first kappa shape index (κ1) is 12.4. The van der Waals surface area contributed by atoms with Crippen LogP contribution >= 0.6 is 22.9 Å². The normalized spacial score (nSPS) is 10.5. The van der Waals surface area contributed by atoms with Gasteiger partial charge in [0, 0.05) is 10.4 Å². The number of hydrogen-bond acceptors (Lipinski definition) is 3. The molecular formula is C12H10ClFO2S. The van der Waals surface area contributed by atoms with Crippen LogP contribution in [0.4, 0.5) is 4.39 Å². The fraction of sp³-hybridized carbons (Fsp3) is 0.167. The van der Waals surface area contributed by atoms with Gasteiger partial charge in [0.05, 0.1) is 10.9 Å². The smallest absolute Gasteiger partial charge is 0.125 e. The van der Waals surface area contributed by atoms with E-state index in [-0.39, 0.29) is 12.4 Å². The number of hydrogen-bond donors (Lipinski definition) is 1. The summed E-state index contributed by atoms with van der Waals surface area (Å²) >= 11 is 7.22. The molecule has 1 N–H and O–H groups in total. The fourth-order valence-electron chi connectivity index (χ4n) is 1.39. The van der Waals surface area contributed by atoms with Crippen LogP contribution in [0, 0.1) is 5.82 Å². The van der Waals surface area contributed by atoms with Gasteiger partial charge in [0.1, 0.15) is 18.2 Å². The minimum absolute atomic E-state index is 0.252. The van der Waals surface area contributed by atoms with Gasteiger partial charge in [0.15, 0.2) is 0 Å². The lowest BCUT2D eigenvalue weighted by Gasteiger charge is -2.09. The summed E-state index contributed by atoms with van der Waals surface area (Å²) in [4.78, 5) is 0.975. The average Bonchev–Trinajstić information content (AvgIpc) is 2.73. The maximum atomic E-state index is 12.9. The van der Waals surface area contributed by atoms with E-state index in [1.807, 2.05) is 6.07 Å². The zero-order valence-electron chi connectivity index (χ0n) is 8.82. The van der Waals surface area contributed by atoms with Gasteiger partial charge in [-0.05, 0) is 30.3 Å². The minimum atomic E-state index is -0.388. The van der Waals surface area contributed by atoms with Crippen LogP contribution in [-0.2, 0) is 13.2 Å². The lowest BCUT2D eigenvalue weighted by molar-refractivity contribution is 0.259. The first-order chi connectivity index (χ1) is 8.19. The van der Waals surface area contributed by atoms with Crippen LogP contribution in [0.2, 0.25) is 4.34 Å². The lowest BCUT2D eigenvalue weighted by Crippen LogP contribution is -1.97. The third kappa shape index (κ3) is 3.19. The number of ether oxygens (including phenoxy) is 1. The SMILES string of the molecule is OCc1cc(F)ccc1OCc1ccc(Cl)s1. The Labute approximate surface area is 107 Å². The molecule has 0 saturated heterocycles. The van der Waals surface area contributed by atoms with E-state index in [1.165, 1.54) is 29.5 Å². The van der Waals surface area contributed by atoms with Crippen LogP contribution < -0.4 is 4.74 Å². The molecule has 90 valence electrons. The Morgan fingerprint density at radius 3 is 2.76 bits per heavy atom. The fourth-order valence-corrected chi connectivity index (χ4v) is 2.39. The zero-order chi connectivity index (χ0) is 12.3. The molecule has 0 spiro atoms. The predicted molar refractivity (Wildman–Crippen MR) is 66.0 cm³/mol. The Morgan fingerprint density at radius 2 is 2.12 bits per heavy atom. The quantitative estimate of drug-likeness (QED) is 0.921. The van der Waals surface area contributed by atoms with E-state index in [1.54, 1.807) is 6.07 Å². The van der Waals surface area contributed by atoms with E-state index in [0.717, 1.165) is 4.88 Å². The Hall–Kier alpha value is -1.10. The molecule has 5 heteroatoms. The number of aliphatic hydroxyl groups is 1. The Morgan fingerprint density at radius 1 is 1.29 bits per heavy atom. The molecule has 0 amide bonds. The Kier molecular flexibility index (Phi) is 3.99. The van der Waals surface area contributed by atoms with Crippen LogP contribution in [0.15, 0.2) is 30.3 Å². The highest BCUT2D eigenvalue weighted by atomic mass is 35.5. The van der Waals surface area contributed by atoms with Crippen LogP contribution in [0.3, 0.4) is 0 Å². The highest BCUT2D eigenvalue weighted by Crippen LogP contribution is 2.25. The summed E-state index contributed by atoms with van der Waals surface area (Å²) in [5.41, 5.74) is 0.438. The maximum absolute atomic E-state index is 12.9. The first-order valence-corrected chi connectivity index (χ1v) is 6.15. The minimum Gasteiger partial charge on any atom is -0.488 e. The van der Waals surface area contributed by atoms with Crippen molar-refractivity contribution in [2.24, 2.45) is 0 Å². The molecule has 0 fully saturated rings. The monoisotopic (exact) mass is 272 g/mol. The van der Waals surface area contributed by atoms with E-state index in [9.17, 15) is 4.39 Å². The van der Waals surface area contributed by atoms with Crippen molar-refractivity contribution in [3.8, 4) is 5.75 Å². The second kappa shape index (κ2) is 5.49. The van der Waals surface area contributed by atoms with Crippen LogP contribution in [0.1, 0.15) is 10.4 Å². The van der Waals surface area contributed by atoms with Gasteiger partial charge in [-0.3, -0.25) is 0 Å². The molecule has 2 rings (SSSR count). The predicted octanol–water partition coefficient (Wildman–Crippen LogP) is 3.61. The van der Waals surface area contributed by atoms with Crippen molar-refractivity contribution in [3.63, 3.8) is 0 Å². The standard InChI is InChI=1S/C12H10ClFO2S/c13-12-4-2-10(17-12)7-16-11-3-1-9(14)5-8(11)6-15/h1-5,15H,6-7H2. The summed E-state index contributed by atoms with van der Waals surface area (Å²) in [6, 6.07) is 7.74. The van der Waals surface area contributed by atoms with Gasteiger partial charge in [-0.15, -0.1) is 11.3 Å². The third-order valence-electron chi connectivity index (χ3n) is 2.19. The van der Waals surface area contributed by atoms with Crippen molar-refractivity contribution in [2.75, 3.05) is 0 Å². The van der Waals surface area contributed by atoms with Crippen molar-refractivity contribution in [2.45, 2.75) is 13.2 Å². The third-order valence-corrected chi connectivity index (χ3v) is 3.40. The summed E-state index contributed by atoms with van der Waals surface area (Å²) in [5.74, 6) is 0.0963. The molecule has 0 aliphatic heterocycles. The van der Waals surface area contributed by atoms with Gasteiger partial charge in [0.2, 0.25) is 0 Å². The number of aliphatic hydroxyl groups excluding tert-OH is 1. The van der Waals surface area contributed by atoms with Crippen molar-refractivity contribution in [1.82, 2.24) is 0 Å². The van der Waals surface area contributed by atoms with E-state index in [0.29, 0.717) is 22.3 Å². The topological polar surface area (TPSA) is 29.5 Å². The van der Waals surface area contributed by atoms with Crippen LogP contribution in [0.25, 0.3) is 0 Å². The molecule has 1 aromatic carbocycles. The summed E-state index contributed by atoms with van der Waals surface area (Å²) in [7, 11) is 0. The van der Waals surface area contributed by atoms with Crippen LogP contribution in [0.5, 0.6) is 5.75 Å². The molecule has 2 nitrogen and oxygen atoms in total. The average molecular weight is 273 g/mol. The molecule has 0 atom stereocenters. The van der Waals surface area contributed by atoms with Gasteiger partial charge in [0.25, 0.3) is 0 Å². The van der Waals surface area contributed by atoms with Crippen LogP contribution in [-0.4, -0.2) is 5.11 Å². The Bertz CT molecular complexity index is 513. The highest BCUT2D eigenvalue weighted by molar-refractivity contribution is 7.16. The van der Waals surface area contributed by atoms with E-state index in [2.05, 4.69) is 0 Å². The molecule has 0 aliphatic rings. The van der Waals surface area contributed by atoms with Crippen molar-refractivity contribution >= 4 is 22.9 Å². The number of halogens is 2. The van der Waals surface area contributed by atoms with Gasteiger partial charge in [-0.2, -0.15) is 0 Å². The van der Waals surface area contributed by atoms with Gasteiger partial charge in [-0.25, -0.2) is 4.39 Å². The van der Waals surface area contributed by atoms with Crippen molar-refractivity contribution in [1.29, 1.82) is 0 Å². The van der Waals surface area contributed by atoms with E-state index >= 15 is 0 Å². The Balaban J connectivity index is 2.08. The molecule has 0 saturated carbocycles. The van der Waals surface area contributed by atoms with Gasteiger partial charge < -0.3 is 9.84 Å². The zero-order valence-corrected chi connectivity index (χ0v) is 10.4. The number of benzene rings is 1. The summed E-state index contributed by atoms with van der Waals surface area (Å²) in [6.07, 6.45) is 0. The molecule has 0 radical (unpaired) electrons. The molecular weight excluding hydrogens is 263 g/mol. The largest absolute Gasteiger partial charge is 0.488 e.